The average Bonchev–Trinajstić information content (AvgIpc) is 2.56. The van der Waals surface area contributed by atoms with Gasteiger partial charge in [0.2, 0.25) is 0 Å². The van der Waals surface area contributed by atoms with Gasteiger partial charge in [-0.1, -0.05) is 30.3 Å². The number of rotatable bonds is 6. The van der Waals surface area contributed by atoms with Crippen molar-refractivity contribution in [3.8, 4) is 0 Å². The Labute approximate surface area is 140 Å². The zero-order chi connectivity index (χ0) is 17.5. The molecule has 0 saturated heterocycles. The maximum Gasteiger partial charge on any atom is 0.339 e. The normalized spacial score (nSPS) is 11.6. The van der Waals surface area contributed by atoms with E-state index in [-0.39, 0.29) is 18.3 Å². The SMILES string of the molecule is COC(=O)c1ccccc1NC(=O)C[NH+](C)Cc1ccccc1F. The molecule has 1 amide bonds. The largest absolute Gasteiger partial charge is 0.465 e. The first kappa shape index (κ1) is 17.6. The lowest BCUT2D eigenvalue weighted by atomic mass is 10.1. The summed E-state index contributed by atoms with van der Waals surface area (Å²) in [5.41, 5.74) is 1.24. The van der Waals surface area contributed by atoms with E-state index in [0.29, 0.717) is 23.4 Å². The number of methoxy groups -OCH3 is 1. The first-order valence-corrected chi connectivity index (χ1v) is 7.53. The molecule has 0 aliphatic rings. The highest BCUT2D eigenvalue weighted by molar-refractivity contribution is 6.01. The number of ether oxygens (including phenoxy) is 1. The Kier molecular flexibility index (Phi) is 6.03. The summed E-state index contributed by atoms with van der Waals surface area (Å²) in [7, 11) is 3.09. The molecule has 126 valence electrons. The number of amides is 1. The number of esters is 1. The fourth-order valence-electron chi connectivity index (χ4n) is 2.38. The molecule has 0 radical (unpaired) electrons. The number of nitrogens with one attached hydrogen (secondary N) is 2. The minimum Gasteiger partial charge on any atom is -0.465 e. The van der Waals surface area contributed by atoms with Crippen LogP contribution in [0, 0.1) is 5.82 Å². The number of benzene rings is 2. The molecule has 0 heterocycles. The summed E-state index contributed by atoms with van der Waals surface area (Å²) in [5.74, 6) is -1.06. The Balaban J connectivity index is 1.99. The van der Waals surface area contributed by atoms with E-state index in [0.717, 1.165) is 4.90 Å². The van der Waals surface area contributed by atoms with Gasteiger partial charge in [0.1, 0.15) is 12.4 Å². The Hall–Kier alpha value is -2.73. The van der Waals surface area contributed by atoms with Crippen LogP contribution in [0.5, 0.6) is 0 Å². The third-order valence-electron chi connectivity index (χ3n) is 3.52. The molecule has 1 unspecified atom stereocenters. The number of carbonyl (C=O) groups is 2. The Morgan fingerprint density at radius 3 is 2.50 bits per heavy atom. The summed E-state index contributed by atoms with van der Waals surface area (Å²) < 4.78 is 18.3. The molecule has 2 aromatic carbocycles. The van der Waals surface area contributed by atoms with Crippen LogP contribution in [0.4, 0.5) is 10.1 Å². The summed E-state index contributed by atoms with van der Waals surface area (Å²) in [6, 6.07) is 13.1. The predicted octanol–water partition coefficient (Wildman–Crippen LogP) is 1.27. The maximum absolute atomic E-state index is 13.6. The van der Waals surface area contributed by atoms with Gasteiger partial charge in [-0.15, -0.1) is 0 Å². The second kappa shape index (κ2) is 8.21. The molecule has 0 bridgehead atoms. The van der Waals surface area contributed by atoms with Gasteiger partial charge in [0.15, 0.2) is 6.54 Å². The summed E-state index contributed by atoms with van der Waals surface area (Å²) >= 11 is 0. The van der Waals surface area contributed by atoms with Crippen LogP contribution >= 0.6 is 0 Å². The molecule has 0 aliphatic carbocycles. The van der Waals surface area contributed by atoms with Crippen LogP contribution in [0.15, 0.2) is 48.5 Å². The van der Waals surface area contributed by atoms with Crippen LogP contribution < -0.4 is 10.2 Å². The molecule has 0 spiro atoms. The van der Waals surface area contributed by atoms with Gasteiger partial charge in [-0.2, -0.15) is 0 Å². The average molecular weight is 331 g/mol. The van der Waals surface area contributed by atoms with E-state index in [1.165, 1.54) is 13.2 Å². The van der Waals surface area contributed by atoms with E-state index in [1.54, 1.807) is 49.5 Å². The Morgan fingerprint density at radius 1 is 1.12 bits per heavy atom. The van der Waals surface area contributed by atoms with Gasteiger partial charge in [-0.25, -0.2) is 9.18 Å². The second-order valence-electron chi connectivity index (χ2n) is 5.49. The summed E-state index contributed by atoms with van der Waals surface area (Å²) in [6.45, 7) is 0.530. The molecule has 0 fully saturated rings. The van der Waals surface area contributed by atoms with E-state index in [1.807, 2.05) is 0 Å². The van der Waals surface area contributed by atoms with Crippen LogP contribution in [0.1, 0.15) is 15.9 Å². The third-order valence-corrected chi connectivity index (χ3v) is 3.52. The number of anilines is 1. The van der Waals surface area contributed by atoms with Crippen molar-refractivity contribution in [2.45, 2.75) is 6.54 Å². The summed E-state index contributed by atoms with van der Waals surface area (Å²) in [5, 5.41) is 2.70. The third kappa shape index (κ3) is 4.63. The van der Waals surface area contributed by atoms with E-state index in [4.69, 9.17) is 4.74 Å². The van der Waals surface area contributed by atoms with Crippen LogP contribution in [0.25, 0.3) is 0 Å². The highest BCUT2D eigenvalue weighted by Crippen LogP contribution is 2.15. The number of para-hydroxylation sites is 1. The van der Waals surface area contributed by atoms with E-state index < -0.39 is 5.97 Å². The highest BCUT2D eigenvalue weighted by atomic mass is 19.1. The van der Waals surface area contributed by atoms with Crippen molar-refractivity contribution in [2.24, 2.45) is 0 Å². The second-order valence-corrected chi connectivity index (χ2v) is 5.49. The van der Waals surface area contributed by atoms with Gasteiger partial charge >= 0.3 is 5.97 Å². The fraction of sp³-hybridized carbons (Fsp3) is 0.222. The van der Waals surface area contributed by atoms with E-state index in [9.17, 15) is 14.0 Å². The number of hydrogen-bond donors (Lipinski definition) is 2. The van der Waals surface area contributed by atoms with Crippen LogP contribution in [-0.2, 0) is 16.1 Å². The quantitative estimate of drug-likeness (QED) is 0.784. The van der Waals surface area contributed by atoms with Gasteiger partial charge in [0.25, 0.3) is 5.91 Å². The van der Waals surface area contributed by atoms with E-state index >= 15 is 0 Å². The lowest BCUT2D eigenvalue weighted by molar-refractivity contribution is -0.885. The number of halogens is 1. The van der Waals surface area contributed by atoms with Crippen molar-refractivity contribution in [3.63, 3.8) is 0 Å². The van der Waals surface area contributed by atoms with Gasteiger partial charge in [-0.05, 0) is 18.2 Å². The monoisotopic (exact) mass is 331 g/mol. The minimum atomic E-state index is -0.516. The van der Waals surface area contributed by atoms with Crippen LogP contribution in [0.2, 0.25) is 0 Å². The standard InChI is InChI=1S/C18H19FN2O3/c1-21(11-13-7-3-5-9-15(13)19)12-17(22)20-16-10-6-4-8-14(16)18(23)24-2/h3-10H,11-12H2,1-2H3,(H,20,22)/p+1. The molecule has 6 heteroatoms. The number of hydrogen-bond acceptors (Lipinski definition) is 3. The first-order chi connectivity index (χ1) is 11.5. The zero-order valence-electron chi connectivity index (χ0n) is 13.6. The molecule has 1 atom stereocenters. The smallest absolute Gasteiger partial charge is 0.339 e. The number of quaternary nitrogens is 1. The van der Waals surface area contributed by atoms with Crippen molar-refractivity contribution in [1.82, 2.24) is 0 Å². The fourth-order valence-corrected chi connectivity index (χ4v) is 2.38. The summed E-state index contributed by atoms with van der Waals surface area (Å²) in [6.07, 6.45) is 0. The molecule has 5 nitrogen and oxygen atoms in total. The van der Waals surface area contributed by atoms with Crippen LogP contribution in [0.3, 0.4) is 0 Å². The van der Waals surface area contributed by atoms with Gasteiger partial charge in [0.05, 0.1) is 25.4 Å². The van der Waals surface area contributed by atoms with Crippen molar-refractivity contribution >= 4 is 17.6 Å². The van der Waals surface area contributed by atoms with Crippen molar-refractivity contribution in [1.29, 1.82) is 0 Å². The lowest BCUT2D eigenvalue weighted by Gasteiger charge is -2.15. The van der Waals surface area contributed by atoms with Crippen molar-refractivity contribution in [2.75, 3.05) is 26.0 Å². The molecule has 0 aromatic heterocycles. The Morgan fingerprint density at radius 2 is 1.79 bits per heavy atom. The molecule has 2 N–H and O–H groups in total. The molecular formula is C18H20FN2O3+. The molecule has 0 aliphatic heterocycles. The zero-order valence-corrected chi connectivity index (χ0v) is 13.6. The predicted molar refractivity (Wildman–Crippen MR) is 88.3 cm³/mol. The van der Waals surface area contributed by atoms with Crippen molar-refractivity contribution < 1.29 is 23.6 Å². The first-order valence-electron chi connectivity index (χ1n) is 7.53. The lowest BCUT2D eigenvalue weighted by Crippen LogP contribution is -3.08. The number of likely N-dealkylation sites (N-methyl/N-ethyl adjacent to an activating group) is 1. The molecule has 0 saturated carbocycles. The van der Waals surface area contributed by atoms with Crippen molar-refractivity contribution in [3.05, 3.63) is 65.5 Å². The van der Waals surface area contributed by atoms with E-state index in [2.05, 4.69) is 5.32 Å². The summed E-state index contributed by atoms with van der Waals surface area (Å²) in [4.78, 5) is 24.7. The molecule has 2 aromatic rings. The van der Waals surface area contributed by atoms with Gasteiger partial charge in [-0.3, -0.25) is 4.79 Å². The van der Waals surface area contributed by atoms with Gasteiger partial charge in [0, 0.05) is 5.56 Å². The highest BCUT2D eigenvalue weighted by Gasteiger charge is 2.16. The van der Waals surface area contributed by atoms with Crippen LogP contribution in [-0.4, -0.2) is 32.6 Å². The molecule has 2 rings (SSSR count). The minimum absolute atomic E-state index is 0.143. The molecule has 24 heavy (non-hydrogen) atoms. The van der Waals surface area contributed by atoms with Gasteiger partial charge < -0.3 is 15.0 Å². The number of carbonyl (C=O) groups excluding carboxylic acids is 2. The Bertz CT molecular complexity index is 734. The topological polar surface area (TPSA) is 59.8 Å². The maximum atomic E-state index is 13.6. The molecular weight excluding hydrogens is 311 g/mol.